The van der Waals surface area contributed by atoms with Gasteiger partial charge in [0.1, 0.15) is 10.0 Å². The molecule has 0 bridgehead atoms. The summed E-state index contributed by atoms with van der Waals surface area (Å²) >= 11 is 1.03. The maximum Gasteiger partial charge on any atom is 0.254 e. The SMILES string of the molecule is O=C(c1csc(S(=O)(=O)NCc2ccc(F)cc2)c1)N1CCCCCC1. The van der Waals surface area contributed by atoms with Crippen molar-refractivity contribution >= 4 is 27.3 Å². The molecule has 0 spiro atoms. The van der Waals surface area contributed by atoms with E-state index in [0.717, 1.165) is 50.1 Å². The molecule has 8 heteroatoms. The fraction of sp³-hybridized carbons (Fsp3) is 0.389. The van der Waals surface area contributed by atoms with Crippen molar-refractivity contribution < 1.29 is 17.6 Å². The van der Waals surface area contributed by atoms with E-state index in [2.05, 4.69) is 4.72 Å². The van der Waals surface area contributed by atoms with E-state index in [1.807, 2.05) is 0 Å². The van der Waals surface area contributed by atoms with Crippen molar-refractivity contribution in [2.75, 3.05) is 13.1 Å². The van der Waals surface area contributed by atoms with Gasteiger partial charge >= 0.3 is 0 Å². The largest absolute Gasteiger partial charge is 0.339 e. The number of carbonyl (C=O) groups is 1. The standard InChI is InChI=1S/C18H21FN2O3S2/c19-16-7-5-14(6-8-16)12-20-26(23,24)17-11-15(13-25-17)18(22)21-9-3-1-2-4-10-21/h5-8,11,13,20H,1-4,9-10,12H2. The van der Waals surface area contributed by atoms with Crippen molar-refractivity contribution in [2.24, 2.45) is 0 Å². The van der Waals surface area contributed by atoms with Crippen LogP contribution in [0.5, 0.6) is 0 Å². The number of likely N-dealkylation sites (tertiary alicyclic amines) is 1. The van der Waals surface area contributed by atoms with E-state index in [1.54, 1.807) is 10.3 Å². The summed E-state index contributed by atoms with van der Waals surface area (Å²) in [7, 11) is -3.72. The predicted octanol–water partition coefficient (Wildman–Crippen LogP) is 3.38. The van der Waals surface area contributed by atoms with Gasteiger partial charge in [0, 0.05) is 25.0 Å². The van der Waals surface area contributed by atoms with Crippen LogP contribution in [0, 0.1) is 5.82 Å². The fourth-order valence-corrected chi connectivity index (χ4v) is 5.09. The Kier molecular flexibility index (Phi) is 6.05. The van der Waals surface area contributed by atoms with Gasteiger partial charge in [-0.2, -0.15) is 0 Å². The molecular formula is C18H21FN2O3S2. The van der Waals surface area contributed by atoms with Crippen molar-refractivity contribution in [2.45, 2.75) is 36.4 Å². The van der Waals surface area contributed by atoms with Crippen molar-refractivity contribution in [1.82, 2.24) is 9.62 Å². The molecule has 140 valence electrons. The number of amides is 1. The van der Waals surface area contributed by atoms with E-state index < -0.39 is 10.0 Å². The second-order valence-electron chi connectivity index (χ2n) is 6.31. The second kappa shape index (κ2) is 8.28. The van der Waals surface area contributed by atoms with E-state index in [9.17, 15) is 17.6 Å². The van der Waals surface area contributed by atoms with Crippen LogP contribution in [0.3, 0.4) is 0 Å². The van der Waals surface area contributed by atoms with Gasteiger partial charge in [0.25, 0.3) is 5.91 Å². The Hall–Kier alpha value is -1.77. The number of carbonyl (C=O) groups excluding carboxylic acids is 1. The molecule has 1 saturated heterocycles. The molecule has 1 aliphatic heterocycles. The van der Waals surface area contributed by atoms with Gasteiger partial charge in [0.2, 0.25) is 10.0 Å². The maximum absolute atomic E-state index is 12.9. The normalized spacial score (nSPS) is 15.7. The lowest BCUT2D eigenvalue weighted by molar-refractivity contribution is 0.0762. The molecule has 1 N–H and O–H groups in total. The number of nitrogens with zero attached hydrogens (tertiary/aromatic N) is 1. The summed E-state index contributed by atoms with van der Waals surface area (Å²) in [6.07, 6.45) is 4.22. The molecule has 2 heterocycles. The number of hydrogen-bond acceptors (Lipinski definition) is 4. The lowest BCUT2D eigenvalue weighted by Gasteiger charge is -2.19. The summed E-state index contributed by atoms with van der Waals surface area (Å²) in [6, 6.07) is 7.06. The van der Waals surface area contributed by atoms with Crippen LogP contribution in [0.1, 0.15) is 41.6 Å². The summed E-state index contributed by atoms with van der Waals surface area (Å²) in [6.45, 7) is 1.51. The summed E-state index contributed by atoms with van der Waals surface area (Å²) in [5.74, 6) is -0.477. The highest BCUT2D eigenvalue weighted by Crippen LogP contribution is 2.23. The molecule has 0 radical (unpaired) electrons. The number of thiophene rings is 1. The molecule has 0 aliphatic carbocycles. The van der Waals surface area contributed by atoms with E-state index in [1.165, 1.54) is 30.3 Å². The first-order valence-corrected chi connectivity index (χ1v) is 10.9. The van der Waals surface area contributed by atoms with Crippen LogP contribution in [-0.4, -0.2) is 32.3 Å². The molecule has 0 unspecified atom stereocenters. The quantitative estimate of drug-likeness (QED) is 0.843. The first kappa shape index (κ1) is 19.0. The Morgan fingerprint density at radius 3 is 2.42 bits per heavy atom. The fourth-order valence-electron chi connectivity index (χ4n) is 2.88. The molecule has 1 aromatic heterocycles. The highest BCUT2D eigenvalue weighted by atomic mass is 32.2. The topological polar surface area (TPSA) is 66.5 Å². The lowest BCUT2D eigenvalue weighted by Crippen LogP contribution is -2.31. The molecule has 2 aromatic rings. The van der Waals surface area contributed by atoms with Crippen molar-refractivity contribution in [3.05, 3.63) is 52.7 Å². The molecule has 1 aromatic carbocycles. The van der Waals surface area contributed by atoms with Gasteiger partial charge in [-0.1, -0.05) is 25.0 Å². The maximum atomic E-state index is 12.9. The number of benzene rings is 1. The molecule has 26 heavy (non-hydrogen) atoms. The van der Waals surface area contributed by atoms with E-state index >= 15 is 0 Å². The number of sulfonamides is 1. The average molecular weight is 397 g/mol. The number of halogens is 1. The Bertz CT molecular complexity index is 855. The van der Waals surface area contributed by atoms with E-state index in [0.29, 0.717) is 11.1 Å². The smallest absolute Gasteiger partial charge is 0.254 e. The van der Waals surface area contributed by atoms with Crippen LogP contribution in [0.4, 0.5) is 4.39 Å². The minimum absolute atomic E-state index is 0.0654. The van der Waals surface area contributed by atoms with Gasteiger partial charge in [-0.3, -0.25) is 4.79 Å². The van der Waals surface area contributed by atoms with Crippen LogP contribution in [-0.2, 0) is 16.6 Å². The first-order valence-electron chi connectivity index (χ1n) is 8.58. The van der Waals surface area contributed by atoms with E-state index in [-0.39, 0.29) is 22.5 Å². The van der Waals surface area contributed by atoms with Crippen molar-refractivity contribution in [3.8, 4) is 0 Å². The van der Waals surface area contributed by atoms with Crippen molar-refractivity contribution in [3.63, 3.8) is 0 Å². The molecule has 0 atom stereocenters. The molecule has 0 saturated carbocycles. The van der Waals surface area contributed by atoms with Crippen LogP contribution in [0.2, 0.25) is 0 Å². The third kappa shape index (κ3) is 4.69. The molecule has 3 rings (SSSR count). The molecular weight excluding hydrogens is 375 g/mol. The summed E-state index contributed by atoms with van der Waals surface area (Å²) < 4.78 is 40.4. The van der Waals surface area contributed by atoms with Gasteiger partial charge in [0.05, 0.1) is 5.56 Å². The average Bonchev–Trinajstić information content (AvgIpc) is 2.98. The monoisotopic (exact) mass is 396 g/mol. The van der Waals surface area contributed by atoms with Gasteiger partial charge in [-0.25, -0.2) is 17.5 Å². The molecule has 1 fully saturated rings. The zero-order valence-electron chi connectivity index (χ0n) is 14.3. The summed E-state index contributed by atoms with van der Waals surface area (Å²) in [4.78, 5) is 14.4. The summed E-state index contributed by atoms with van der Waals surface area (Å²) in [5, 5.41) is 1.60. The Labute approximate surface area is 156 Å². The van der Waals surface area contributed by atoms with Crippen LogP contribution in [0.15, 0.2) is 39.9 Å². The zero-order valence-corrected chi connectivity index (χ0v) is 15.9. The van der Waals surface area contributed by atoms with Crippen molar-refractivity contribution in [1.29, 1.82) is 0 Å². The van der Waals surface area contributed by atoms with Crippen LogP contribution < -0.4 is 4.72 Å². The number of nitrogens with one attached hydrogen (secondary N) is 1. The van der Waals surface area contributed by atoms with Gasteiger partial charge in [0.15, 0.2) is 0 Å². The van der Waals surface area contributed by atoms with Crippen LogP contribution >= 0.6 is 11.3 Å². The lowest BCUT2D eigenvalue weighted by atomic mass is 10.2. The predicted molar refractivity (Wildman–Crippen MR) is 99.1 cm³/mol. The Morgan fingerprint density at radius 1 is 1.12 bits per heavy atom. The summed E-state index contributed by atoms with van der Waals surface area (Å²) in [5.41, 5.74) is 1.08. The van der Waals surface area contributed by atoms with Gasteiger partial charge in [-0.15, -0.1) is 11.3 Å². The third-order valence-corrected chi connectivity index (χ3v) is 7.20. The molecule has 5 nitrogen and oxygen atoms in total. The Balaban J connectivity index is 1.67. The number of hydrogen-bond donors (Lipinski definition) is 1. The third-order valence-electron chi connectivity index (χ3n) is 4.36. The minimum atomic E-state index is -3.72. The zero-order chi connectivity index (χ0) is 18.6. The Morgan fingerprint density at radius 2 is 1.77 bits per heavy atom. The van der Waals surface area contributed by atoms with E-state index in [4.69, 9.17) is 0 Å². The highest BCUT2D eigenvalue weighted by Gasteiger charge is 2.22. The van der Waals surface area contributed by atoms with Gasteiger partial charge in [-0.05, 0) is 36.6 Å². The highest BCUT2D eigenvalue weighted by molar-refractivity contribution is 7.91. The second-order valence-corrected chi connectivity index (χ2v) is 9.22. The molecule has 1 amide bonds. The van der Waals surface area contributed by atoms with Crippen LogP contribution in [0.25, 0.3) is 0 Å². The number of rotatable bonds is 5. The van der Waals surface area contributed by atoms with Gasteiger partial charge < -0.3 is 4.90 Å². The minimum Gasteiger partial charge on any atom is -0.339 e. The molecule has 1 aliphatic rings. The first-order chi connectivity index (χ1) is 12.5.